The number of hydrogen-bond donors (Lipinski definition) is 1. The number of nitrogens with zero attached hydrogens (tertiary/aromatic N) is 1. The van der Waals surface area contributed by atoms with Gasteiger partial charge in [-0.3, -0.25) is 0 Å². The van der Waals surface area contributed by atoms with E-state index in [1.165, 1.54) is 6.21 Å². The molecule has 1 aromatic carbocycles. The van der Waals surface area contributed by atoms with Crippen LogP contribution in [0.5, 0.6) is 11.5 Å². The van der Waals surface area contributed by atoms with Crippen LogP contribution in [0.1, 0.15) is 19.4 Å². The molecule has 1 N–H and O–H groups in total. The van der Waals surface area contributed by atoms with E-state index in [1.54, 1.807) is 19.2 Å². The summed E-state index contributed by atoms with van der Waals surface area (Å²) in [6.45, 7) is 3.88. The maximum absolute atomic E-state index is 8.50. The number of hydrogen-bond acceptors (Lipinski definition) is 4. The highest BCUT2D eigenvalue weighted by atomic mass is 79.9. The van der Waals surface area contributed by atoms with Crippen molar-refractivity contribution in [1.82, 2.24) is 0 Å². The average Bonchev–Trinajstić information content (AvgIpc) is 2.21. The number of halogens is 1. The first-order valence-electron chi connectivity index (χ1n) is 4.80. The van der Waals surface area contributed by atoms with Crippen molar-refractivity contribution in [3.05, 3.63) is 22.2 Å². The van der Waals surface area contributed by atoms with Crippen LogP contribution in [0, 0.1) is 0 Å². The number of rotatable bonds is 4. The lowest BCUT2D eigenvalue weighted by molar-refractivity contribution is 0.230. The summed E-state index contributed by atoms with van der Waals surface area (Å²) >= 11 is 3.36. The van der Waals surface area contributed by atoms with Crippen molar-refractivity contribution in [2.24, 2.45) is 5.16 Å². The van der Waals surface area contributed by atoms with Gasteiger partial charge in [0.25, 0.3) is 0 Å². The number of oxime groups is 1. The summed E-state index contributed by atoms with van der Waals surface area (Å²) in [6, 6.07) is 3.53. The molecular formula is C11H14BrNO3. The first-order valence-corrected chi connectivity index (χ1v) is 5.59. The monoisotopic (exact) mass is 287 g/mol. The standard InChI is InChI=1S/C11H14BrNO3/c1-7(2)16-11-5-9(12)8(6-13-14)4-10(11)15-3/h4-7,14H,1-3H3. The second-order valence-electron chi connectivity index (χ2n) is 3.44. The summed E-state index contributed by atoms with van der Waals surface area (Å²) in [4.78, 5) is 0. The molecule has 0 atom stereocenters. The molecule has 0 saturated heterocycles. The number of ether oxygens (including phenoxy) is 2. The minimum absolute atomic E-state index is 0.0677. The van der Waals surface area contributed by atoms with Gasteiger partial charge in [0.15, 0.2) is 11.5 Å². The van der Waals surface area contributed by atoms with E-state index in [0.29, 0.717) is 11.5 Å². The van der Waals surface area contributed by atoms with Crippen LogP contribution >= 0.6 is 15.9 Å². The molecule has 1 rings (SSSR count). The van der Waals surface area contributed by atoms with E-state index < -0.39 is 0 Å². The third-order valence-corrected chi connectivity index (χ3v) is 2.53. The second kappa shape index (κ2) is 5.75. The summed E-state index contributed by atoms with van der Waals surface area (Å²) in [5, 5.41) is 11.5. The largest absolute Gasteiger partial charge is 0.493 e. The van der Waals surface area contributed by atoms with Gasteiger partial charge in [-0.2, -0.15) is 0 Å². The zero-order valence-corrected chi connectivity index (χ0v) is 11.0. The molecule has 0 fully saturated rings. The maximum Gasteiger partial charge on any atom is 0.162 e. The highest BCUT2D eigenvalue weighted by Gasteiger charge is 2.10. The summed E-state index contributed by atoms with van der Waals surface area (Å²) in [5.41, 5.74) is 0.718. The smallest absolute Gasteiger partial charge is 0.162 e. The maximum atomic E-state index is 8.50. The van der Waals surface area contributed by atoms with Crippen LogP contribution in [0.3, 0.4) is 0 Å². The van der Waals surface area contributed by atoms with Crippen LogP contribution in [0.4, 0.5) is 0 Å². The van der Waals surface area contributed by atoms with Gasteiger partial charge in [0.1, 0.15) is 0 Å². The fourth-order valence-electron chi connectivity index (χ4n) is 1.22. The van der Waals surface area contributed by atoms with Crippen molar-refractivity contribution in [3.63, 3.8) is 0 Å². The van der Waals surface area contributed by atoms with Gasteiger partial charge in [-0.1, -0.05) is 5.16 Å². The Labute approximate surface area is 103 Å². The molecule has 0 aromatic heterocycles. The molecule has 0 heterocycles. The highest BCUT2D eigenvalue weighted by molar-refractivity contribution is 9.10. The molecule has 0 aliphatic rings. The summed E-state index contributed by atoms with van der Waals surface area (Å²) in [6.07, 6.45) is 1.39. The van der Waals surface area contributed by atoms with Crippen molar-refractivity contribution >= 4 is 22.1 Å². The van der Waals surface area contributed by atoms with E-state index in [4.69, 9.17) is 14.7 Å². The van der Waals surface area contributed by atoms with E-state index in [-0.39, 0.29) is 6.10 Å². The first kappa shape index (κ1) is 12.8. The van der Waals surface area contributed by atoms with Crippen molar-refractivity contribution in [1.29, 1.82) is 0 Å². The van der Waals surface area contributed by atoms with E-state index in [1.807, 2.05) is 13.8 Å². The van der Waals surface area contributed by atoms with E-state index >= 15 is 0 Å². The van der Waals surface area contributed by atoms with Gasteiger partial charge >= 0.3 is 0 Å². The van der Waals surface area contributed by atoms with Gasteiger partial charge in [-0.25, -0.2) is 0 Å². The first-order chi connectivity index (χ1) is 7.58. The highest BCUT2D eigenvalue weighted by Crippen LogP contribution is 2.33. The lowest BCUT2D eigenvalue weighted by Crippen LogP contribution is -2.07. The lowest BCUT2D eigenvalue weighted by Gasteiger charge is -2.14. The van der Waals surface area contributed by atoms with Gasteiger partial charge in [-0.05, 0) is 41.9 Å². The van der Waals surface area contributed by atoms with Crippen molar-refractivity contribution < 1.29 is 14.7 Å². The van der Waals surface area contributed by atoms with Crippen LogP contribution in [-0.2, 0) is 0 Å². The fourth-order valence-corrected chi connectivity index (χ4v) is 1.64. The molecule has 0 aliphatic carbocycles. The Morgan fingerprint density at radius 3 is 2.56 bits per heavy atom. The Bertz CT molecular complexity index is 391. The molecule has 0 radical (unpaired) electrons. The summed E-state index contributed by atoms with van der Waals surface area (Å²) in [5.74, 6) is 1.26. The Morgan fingerprint density at radius 2 is 2.06 bits per heavy atom. The molecule has 0 spiro atoms. The van der Waals surface area contributed by atoms with Crippen molar-refractivity contribution in [2.75, 3.05) is 7.11 Å². The quantitative estimate of drug-likeness (QED) is 0.526. The predicted octanol–water partition coefficient (Wildman–Crippen LogP) is 3.05. The van der Waals surface area contributed by atoms with Crippen LogP contribution < -0.4 is 9.47 Å². The normalized spacial score (nSPS) is 11.1. The molecular weight excluding hydrogens is 274 g/mol. The predicted molar refractivity (Wildman–Crippen MR) is 65.8 cm³/mol. The minimum Gasteiger partial charge on any atom is -0.493 e. The molecule has 4 nitrogen and oxygen atoms in total. The van der Waals surface area contributed by atoms with Crippen LogP contribution in [0.25, 0.3) is 0 Å². The van der Waals surface area contributed by atoms with Crippen LogP contribution in [0.15, 0.2) is 21.8 Å². The van der Waals surface area contributed by atoms with Crippen LogP contribution in [0.2, 0.25) is 0 Å². The molecule has 16 heavy (non-hydrogen) atoms. The molecule has 0 unspecified atom stereocenters. The number of methoxy groups -OCH3 is 1. The minimum atomic E-state index is 0.0677. The SMILES string of the molecule is COc1cc(C=NO)c(Br)cc1OC(C)C. The summed E-state index contributed by atoms with van der Waals surface area (Å²) in [7, 11) is 1.57. The van der Waals surface area contributed by atoms with Crippen molar-refractivity contribution in [3.8, 4) is 11.5 Å². The Balaban J connectivity index is 3.15. The van der Waals surface area contributed by atoms with Gasteiger partial charge in [0.2, 0.25) is 0 Å². The molecule has 5 heteroatoms. The Hall–Kier alpha value is -1.23. The lowest BCUT2D eigenvalue weighted by atomic mass is 10.2. The number of benzene rings is 1. The molecule has 0 bridgehead atoms. The average molecular weight is 288 g/mol. The topological polar surface area (TPSA) is 51.0 Å². The Kier molecular flexibility index (Phi) is 4.61. The second-order valence-corrected chi connectivity index (χ2v) is 4.29. The molecule has 0 amide bonds. The van der Waals surface area contributed by atoms with E-state index in [0.717, 1.165) is 10.0 Å². The van der Waals surface area contributed by atoms with Gasteiger partial charge in [0, 0.05) is 10.0 Å². The third kappa shape index (κ3) is 3.13. The van der Waals surface area contributed by atoms with Gasteiger partial charge in [0.05, 0.1) is 19.4 Å². The molecule has 1 aromatic rings. The van der Waals surface area contributed by atoms with Gasteiger partial charge in [-0.15, -0.1) is 0 Å². The van der Waals surface area contributed by atoms with Crippen molar-refractivity contribution in [2.45, 2.75) is 20.0 Å². The zero-order chi connectivity index (χ0) is 12.1. The van der Waals surface area contributed by atoms with E-state index in [2.05, 4.69) is 21.1 Å². The molecule has 0 aliphatic heterocycles. The fraction of sp³-hybridized carbons (Fsp3) is 0.364. The third-order valence-electron chi connectivity index (χ3n) is 1.84. The molecule has 0 saturated carbocycles. The zero-order valence-electron chi connectivity index (χ0n) is 9.40. The van der Waals surface area contributed by atoms with Gasteiger partial charge < -0.3 is 14.7 Å². The van der Waals surface area contributed by atoms with E-state index in [9.17, 15) is 0 Å². The summed E-state index contributed by atoms with van der Waals surface area (Å²) < 4.78 is 11.6. The molecule has 88 valence electrons. The Morgan fingerprint density at radius 1 is 1.38 bits per heavy atom. The van der Waals surface area contributed by atoms with Crippen LogP contribution in [-0.4, -0.2) is 24.6 Å².